The van der Waals surface area contributed by atoms with Crippen LogP contribution in [0.4, 0.5) is 4.39 Å². The van der Waals surface area contributed by atoms with Gasteiger partial charge in [0.15, 0.2) is 0 Å². The predicted octanol–water partition coefficient (Wildman–Crippen LogP) is 0.979. The van der Waals surface area contributed by atoms with Gasteiger partial charge in [0, 0.05) is 6.54 Å². The van der Waals surface area contributed by atoms with E-state index in [4.69, 9.17) is 14.2 Å². The molecule has 1 aliphatic rings. The Morgan fingerprint density at radius 1 is 1.53 bits per heavy atom. The topological polar surface area (TPSA) is 56.8 Å². The van der Waals surface area contributed by atoms with Crippen molar-refractivity contribution in [2.75, 3.05) is 33.5 Å². The number of methoxy groups -OCH3 is 1. The van der Waals surface area contributed by atoms with Gasteiger partial charge in [-0.05, 0) is 12.1 Å². The number of hydrogen-bond acceptors (Lipinski definition) is 4. The van der Waals surface area contributed by atoms with Gasteiger partial charge >= 0.3 is 0 Å². The van der Waals surface area contributed by atoms with Crippen LogP contribution >= 0.6 is 0 Å². The molecule has 1 saturated heterocycles. The molecule has 0 aromatic heterocycles. The molecule has 1 aliphatic heterocycles. The van der Waals surface area contributed by atoms with Gasteiger partial charge in [0.2, 0.25) is 0 Å². The van der Waals surface area contributed by atoms with E-state index in [1.807, 2.05) is 0 Å². The van der Waals surface area contributed by atoms with Gasteiger partial charge in [0.05, 0.1) is 33.0 Å². The van der Waals surface area contributed by atoms with Crippen LogP contribution < -0.4 is 10.1 Å². The summed E-state index contributed by atoms with van der Waals surface area (Å²) in [5.41, 5.74) is -0.0956. The van der Waals surface area contributed by atoms with Gasteiger partial charge in [-0.25, -0.2) is 4.39 Å². The van der Waals surface area contributed by atoms with Gasteiger partial charge in [-0.15, -0.1) is 0 Å². The van der Waals surface area contributed by atoms with Gasteiger partial charge in [-0.3, -0.25) is 4.79 Å². The van der Waals surface area contributed by atoms with Crippen molar-refractivity contribution in [3.05, 3.63) is 29.6 Å². The molecule has 1 N–H and O–H groups in total. The van der Waals surface area contributed by atoms with Crippen LogP contribution in [0.25, 0.3) is 0 Å². The number of amides is 1. The molecule has 1 aromatic carbocycles. The van der Waals surface area contributed by atoms with Crippen LogP contribution in [0, 0.1) is 5.82 Å². The van der Waals surface area contributed by atoms with Crippen LogP contribution in [0.2, 0.25) is 0 Å². The first kappa shape index (κ1) is 13.8. The fourth-order valence-corrected chi connectivity index (χ4v) is 1.84. The van der Waals surface area contributed by atoms with E-state index in [0.717, 1.165) is 0 Å². The van der Waals surface area contributed by atoms with Crippen molar-refractivity contribution in [2.45, 2.75) is 6.10 Å². The van der Waals surface area contributed by atoms with Crippen LogP contribution in [0.15, 0.2) is 18.2 Å². The highest BCUT2D eigenvalue weighted by Gasteiger charge is 2.20. The average Bonchev–Trinajstić information content (AvgIpc) is 2.45. The van der Waals surface area contributed by atoms with E-state index in [-0.39, 0.29) is 24.0 Å². The van der Waals surface area contributed by atoms with Gasteiger partial charge in [-0.1, -0.05) is 6.07 Å². The molecule has 0 spiro atoms. The Hall–Kier alpha value is -1.66. The molecular formula is C13H16FNO4. The minimum atomic E-state index is -0.613. The summed E-state index contributed by atoms with van der Waals surface area (Å²) < 4.78 is 29.2. The number of ether oxygens (including phenoxy) is 3. The van der Waals surface area contributed by atoms with Crippen LogP contribution in [0.5, 0.6) is 5.75 Å². The van der Waals surface area contributed by atoms with E-state index in [9.17, 15) is 9.18 Å². The fourth-order valence-electron chi connectivity index (χ4n) is 1.84. The van der Waals surface area contributed by atoms with Gasteiger partial charge < -0.3 is 19.5 Å². The lowest BCUT2D eigenvalue weighted by Crippen LogP contribution is -2.40. The first-order chi connectivity index (χ1) is 9.22. The van der Waals surface area contributed by atoms with E-state index in [1.54, 1.807) is 0 Å². The molecule has 1 aromatic rings. The molecule has 19 heavy (non-hydrogen) atoms. The lowest BCUT2D eigenvalue weighted by molar-refractivity contribution is -0.0855. The van der Waals surface area contributed by atoms with Crippen LogP contribution in [0.1, 0.15) is 10.4 Å². The third-order valence-corrected chi connectivity index (χ3v) is 2.80. The Labute approximate surface area is 110 Å². The lowest BCUT2D eigenvalue weighted by Gasteiger charge is -2.23. The van der Waals surface area contributed by atoms with E-state index in [2.05, 4.69) is 5.32 Å². The Morgan fingerprint density at radius 2 is 2.37 bits per heavy atom. The molecule has 0 aliphatic carbocycles. The highest BCUT2D eigenvalue weighted by molar-refractivity contribution is 5.97. The number of carbonyl (C=O) groups excluding carboxylic acids is 1. The average molecular weight is 269 g/mol. The van der Waals surface area contributed by atoms with E-state index in [1.165, 1.54) is 25.3 Å². The minimum absolute atomic E-state index is 0.0956. The lowest BCUT2D eigenvalue weighted by atomic mass is 10.1. The molecule has 1 fully saturated rings. The molecule has 0 radical (unpaired) electrons. The fraction of sp³-hybridized carbons (Fsp3) is 0.462. The number of rotatable bonds is 4. The molecule has 0 saturated carbocycles. The zero-order valence-corrected chi connectivity index (χ0v) is 10.6. The van der Waals surface area contributed by atoms with Crippen molar-refractivity contribution in [1.82, 2.24) is 5.32 Å². The molecule has 0 bridgehead atoms. The smallest absolute Gasteiger partial charge is 0.258 e. The molecular weight excluding hydrogens is 253 g/mol. The zero-order chi connectivity index (χ0) is 13.7. The van der Waals surface area contributed by atoms with E-state index in [0.29, 0.717) is 19.8 Å². The first-order valence-electron chi connectivity index (χ1n) is 6.02. The molecule has 6 heteroatoms. The minimum Gasteiger partial charge on any atom is -0.496 e. The van der Waals surface area contributed by atoms with Crippen molar-refractivity contribution in [1.29, 1.82) is 0 Å². The Morgan fingerprint density at radius 3 is 3.05 bits per heavy atom. The molecule has 1 amide bonds. The number of halogens is 1. The summed E-state index contributed by atoms with van der Waals surface area (Å²) in [6, 6.07) is 4.25. The van der Waals surface area contributed by atoms with Crippen LogP contribution in [-0.2, 0) is 9.47 Å². The van der Waals surface area contributed by atoms with Crippen LogP contribution in [-0.4, -0.2) is 45.5 Å². The van der Waals surface area contributed by atoms with Crippen molar-refractivity contribution in [2.24, 2.45) is 0 Å². The van der Waals surface area contributed by atoms with E-state index < -0.39 is 11.7 Å². The summed E-state index contributed by atoms with van der Waals surface area (Å²) in [6.45, 7) is 1.76. The first-order valence-corrected chi connectivity index (χ1v) is 6.02. The van der Waals surface area contributed by atoms with Crippen molar-refractivity contribution in [3.8, 4) is 5.75 Å². The third-order valence-electron chi connectivity index (χ3n) is 2.80. The van der Waals surface area contributed by atoms with Gasteiger partial charge in [0.25, 0.3) is 5.91 Å². The summed E-state index contributed by atoms with van der Waals surface area (Å²) in [7, 11) is 1.39. The van der Waals surface area contributed by atoms with E-state index >= 15 is 0 Å². The van der Waals surface area contributed by atoms with Gasteiger partial charge in [0.1, 0.15) is 17.1 Å². The highest BCUT2D eigenvalue weighted by Crippen LogP contribution is 2.20. The predicted molar refractivity (Wildman–Crippen MR) is 65.8 cm³/mol. The summed E-state index contributed by atoms with van der Waals surface area (Å²) in [5.74, 6) is -0.930. The summed E-state index contributed by atoms with van der Waals surface area (Å²) in [6.07, 6.45) is -0.199. The van der Waals surface area contributed by atoms with Crippen LogP contribution in [0.3, 0.4) is 0 Å². The second kappa shape index (κ2) is 6.49. The highest BCUT2D eigenvalue weighted by atomic mass is 19.1. The SMILES string of the molecule is COc1cccc(F)c1C(=O)NCC1COCCO1. The third kappa shape index (κ3) is 3.42. The normalized spacial score (nSPS) is 18.9. The zero-order valence-electron chi connectivity index (χ0n) is 10.6. The molecule has 1 atom stereocenters. The molecule has 104 valence electrons. The monoisotopic (exact) mass is 269 g/mol. The molecule has 1 unspecified atom stereocenters. The Bertz CT molecular complexity index is 446. The standard InChI is InChI=1S/C13H16FNO4/c1-17-11-4-2-3-10(14)12(11)13(16)15-7-9-8-18-5-6-19-9/h2-4,9H,5-8H2,1H3,(H,15,16). The second-order valence-electron chi connectivity index (χ2n) is 4.09. The Balaban J connectivity index is 1.99. The molecule has 5 nitrogen and oxygen atoms in total. The molecule has 2 rings (SSSR count). The number of hydrogen-bond donors (Lipinski definition) is 1. The van der Waals surface area contributed by atoms with Crippen molar-refractivity contribution < 1.29 is 23.4 Å². The summed E-state index contributed by atoms with van der Waals surface area (Å²) in [5, 5.41) is 2.62. The number of nitrogens with one attached hydrogen (secondary N) is 1. The largest absolute Gasteiger partial charge is 0.496 e. The summed E-state index contributed by atoms with van der Waals surface area (Å²) in [4.78, 5) is 12.0. The second-order valence-corrected chi connectivity index (χ2v) is 4.09. The maximum absolute atomic E-state index is 13.7. The number of carbonyl (C=O) groups is 1. The quantitative estimate of drug-likeness (QED) is 0.885. The molecule has 1 heterocycles. The maximum Gasteiger partial charge on any atom is 0.258 e. The van der Waals surface area contributed by atoms with Crippen molar-refractivity contribution in [3.63, 3.8) is 0 Å². The van der Waals surface area contributed by atoms with Gasteiger partial charge in [-0.2, -0.15) is 0 Å². The maximum atomic E-state index is 13.7. The summed E-state index contributed by atoms with van der Waals surface area (Å²) >= 11 is 0. The number of benzene rings is 1. The Kier molecular flexibility index (Phi) is 4.70. The van der Waals surface area contributed by atoms with Crippen molar-refractivity contribution >= 4 is 5.91 Å².